The predicted octanol–water partition coefficient (Wildman–Crippen LogP) is 13.5. The van der Waals surface area contributed by atoms with Gasteiger partial charge in [0.1, 0.15) is 5.69 Å². The summed E-state index contributed by atoms with van der Waals surface area (Å²) in [7, 11) is 0. The van der Waals surface area contributed by atoms with Gasteiger partial charge in [0.15, 0.2) is 5.82 Å². The summed E-state index contributed by atoms with van der Waals surface area (Å²) >= 11 is 0. The third-order valence-electron chi connectivity index (χ3n) is 11.4. The SMILES string of the molecule is c1ccc(-n2c3ccccc3c3ccc(-c4cccc5c4c4cc6ccccc6cc4n5-c4nc5ccccc5nc4-c4ccc5ccccc5c4)cc32)cc1. The van der Waals surface area contributed by atoms with E-state index in [1.165, 1.54) is 59.7 Å². The maximum atomic E-state index is 5.46. The van der Waals surface area contributed by atoms with E-state index in [-0.39, 0.29) is 0 Å². The van der Waals surface area contributed by atoms with Crippen molar-refractivity contribution in [1.82, 2.24) is 19.1 Å². The minimum Gasteiger partial charge on any atom is -0.309 e. The fourth-order valence-electron chi connectivity index (χ4n) is 8.89. The molecule has 0 radical (unpaired) electrons. The number of aromatic nitrogens is 4. The van der Waals surface area contributed by atoms with E-state index < -0.39 is 0 Å². The van der Waals surface area contributed by atoms with Crippen molar-refractivity contribution >= 4 is 76.2 Å². The Kier molecular flexibility index (Phi) is 6.60. The van der Waals surface area contributed by atoms with Crippen molar-refractivity contribution in [2.75, 3.05) is 0 Å². The summed E-state index contributed by atoms with van der Waals surface area (Å²) in [4.78, 5) is 10.8. The van der Waals surface area contributed by atoms with Crippen LogP contribution < -0.4 is 0 Å². The van der Waals surface area contributed by atoms with Crippen molar-refractivity contribution in [2.24, 2.45) is 0 Å². The Hall–Kier alpha value is -7.56. The Morgan fingerprint density at radius 3 is 1.80 bits per heavy atom. The first-order valence-electron chi connectivity index (χ1n) is 19.1. The molecule has 3 heterocycles. The molecule has 0 unspecified atom stereocenters. The Bertz CT molecular complexity index is 3540. The van der Waals surface area contributed by atoms with Crippen molar-refractivity contribution in [1.29, 1.82) is 0 Å². The molecule has 56 heavy (non-hydrogen) atoms. The van der Waals surface area contributed by atoms with Gasteiger partial charge in [0.2, 0.25) is 0 Å². The van der Waals surface area contributed by atoms with Crippen molar-refractivity contribution in [2.45, 2.75) is 0 Å². The Morgan fingerprint density at radius 2 is 0.964 bits per heavy atom. The molecule has 0 saturated carbocycles. The van der Waals surface area contributed by atoms with E-state index in [0.29, 0.717) is 0 Å². The quantitative estimate of drug-likeness (QED) is 0.182. The van der Waals surface area contributed by atoms with E-state index in [1.807, 2.05) is 12.1 Å². The summed E-state index contributed by atoms with van der Waals surface area (Å²) < 4.78 is 4.75. The number of nitrogens with zero attached hydrogens (tertiary/aromatic N) is 4. The molecule has 0 aliphatic heterocycles. The van der Waals surface area contributed by atoms with Crippen LogP contribution in [0.1, 0.15) is 0 Å². The van der Waals surface area contributed by atoms with Crippen LogP contribution in [0.3, 0.4) is 0 Å². The minimum absolute atomic E-state index is 0.811. The molecule has 0 saturated heterocycles. The zero-order chi connectivity index (χ0) is 36.7. The van der Waals surface area contributed by atoms with Crippen molar-refractivity contribution in [3.63, 3.8) is 0 Å². The fourth-order valence-corrected chi connectivity index (χ4v) is 8.89. The maximum Gasteiger partial charge on any atom is 0.165 e. The van der Waals surface area contributed by atoms with Gasteiger partial charge in [-0.2, -0.15) is 0 Å². The van der Waals surface area contributed by atoms with Crippen LogP contribution in [0.5, 0.6) is 0 Å². The van der Waals surface area contributed by atoms with Crippen LogP contribution in [0.2, 0.25) is 0 Å². The third kappa shape index (κ3) is 4.60. The third-order valence-corrected chi connectivity index (χ3v) is 11.4. The van der Waals surface area contributed by atoms with Crippen molar-refractivity contribution in [3.8, 4) is 33.9 Å². The van der Waals surface area contributed by atoms with Crippen LogP contribution in [0.4, 0.5) is 0 Å². The minimum atomic E-state index is 0.811. The van der Waals surface area contributed by atoms with Gasteiger partial charge >= 0.3 is 0 Å². The molecule has 3 aromatic heterocycles. The molecule has 12 rings (SSSR count). The molecule has 9 aromatic carbocycles. The van der Waals surface area contributed by atoms with Crippen LogP contribution in [0.15, 0.2) is 194 Å². The highest BCUT2D eigenvalue weighted by Gasteiger charge is 2.23. The second kappa shape index (κ2) is 12.0. The van der Waals surface area contributed by atoms with E-state index in [2.05, 4.69) is 191 Å². The molecule has 0 N–H and O–H groups in total. The largest absolute Gasteiger partial charge is 0.309 e. The monoisotopic (exact) mass is 712 g/mol. The highest BCUT2D eigenvalue weighted by molar-refractivity contribution is 6.20. The van der Waals surface area contributed by atoms with Crippen molar-refractivity contribution < 1.29 is 0 Å². The number of para-hydroxylation sites is 4. The average Bonchev–Trinajstić information content (AvgIpc) is 3.77. The summed E-state index contributed by atoms with van der Waals surface area (Å²) in [6, 6.07) is 69.7. The van der Waals surface area contributed by atoms with Gasteiger partial charge in [0, 0.05) is 32.8 Å². The fraction of sp³-hybridized carbons (Fsp3) is 0. The topological polar surface area (TPSA) is 35.6 Å². The molecule has 4 heteroatoms. The Balaban J connectivity index is 1.19. The van der Waals surface area contributed by atoms with Gasteiger partial charge in [0.05, 0.1) is 33.1 Å². The Labute approximate surface area is 322 Å². The predicted molar refractivity (Wildman–Crippen MR) is 234 cm³/mol. The number of benzene rings is 9. The average molecular weight is 713 g/mol. The van der Waals surface area contributed by atoms with Gasteiger partial charge < -0.3 is 4.57 Å². The van der Waals surface area contributed by atoms with E-state index in [9.17, 15) is 0 Å². The van der Waals surface area contributed by atoms with Gasteiger partial charge in [-0.1, -0.05) is 133 Å². The smallest absolute Gasteiger partial charge is 0.165 e. The molecule has 4 nitrogen and oxygen atoms in total. The van der Waals surface area contributed by atoms with Gasteiger partial charge in [-0.15, -0.1) is 0 Å². The van der Waals surface area contributed by atoms with Crippen LogP contribution in [-0.4, -0.2) is 19.1 Å². The van der Waals surface area contributed by atoms with Crippen LogP contribution >= 0.6 is 0 Å². The maximum absolute atomic E-state index is 5.46. The lowest BCUT2D eigenvalue weighted by atomic mass is 9.97. The van der Waals surface area contributed by atoms with Gasteiger partial charge in [-0.05, 0) is 93.3 Å². The lowest BCUT2D eigenvalue weighted by molar-refractivity contribution is 1.08. The molecular formula is C52H32N4. The van der Waals surface area contributed by atoms with Gasteiger partial charge in [-0.3, -0.25) is 4.57 Å². The summed E-state index contributed by atoms with van der Waals surface area (Å²) in [5.41, 5.74) is 11.6. The lowest BCUT2D eigenvalue weighted by Crippen LogP contribution is -2.03. The molecule has 0 aliphatic rings. The molecule has 0 aliphatic carbocycles. The second-order valence-electron chi connectivity index (χ2n) is 14.6. The van der Waals surface area contributed by atoms with Crippen LogP contribution in [-0.2, 0) is 0 Å². The van der Waals surface area contributed by atoms with Crippen molar-refractivity contribution in [3.05, 3.63) is 194 Å². The molecule has 0 fully saturated rings. The first kappa shape index (κ1) is 30.9. The zero-order valence-corrected chi connectivity index (χ0v) is 30.3. The number of hydrogen-bond donors (Lipinski definition) is 0. The highest BCUT2D eigenvalue weighted by atomic mass is 15.1. The standard InChI is InChI=1S/C52H32N4/c1-2-17-39(18-3-1)55-46-23-11-8-19-41(46)42-28-27-37(32-48(42)55)40-20-12-24-47-50(40)43-30-35-15-6-7-16-36(35)31-49(43)56(47)52-51(53-44-21-9-10-22-45(44)54-52)38-26-25-33-13-4-5-14-34(33)29-38/h1-32H. The van der Waals surface area contributed by atoms with E-state index in [0.717, 1.165) is 50.4 Å². The molecule has 12 aromatic rings. The van der Waals surface area contributed by atoms with E-state index in [1.54, 1.807) is 0 Å². The van der Waals surface area contributed by atoms with Gasteiger partial charge in [-0.25, -0.2) is 9.97 Å². The zero-order valence-electron chi connectivity index (χ0n) is 30.3. The molecule has 260 valence electrons. The molecule has 0 spiro atoms. The second-order valence-corrected chi connectivity index (χ2v) is 14.6. The normalized spacial score (nSPS) is 11.9. The summed E-state index contributed by atoms with van der Waals surface area (Å²) in [5, 5.41) is 9.60. The molecule has 0 bridgehead atoms. The lowest BCUT2D eigenvalue weighted by Gasteiger charge is -2.14. The molecule has 0 atom stereocenters. The van der Waals surface area contributed by atoms with E-state index >= 15 is 0 Å². The molecular weight excluding hydrogens is 681 g/mol. The number of fused-ring (bicyclic) bond motifs is 9. The first-order valence-corrected chi connectivity index (χ1v) is 19.1. The Morgan fingerprint density at radius 1 is 0.339 bits per heavy atom. The van der Waals surface area contributed by atoms with Crippen LogP contribution in [0.25, 0.3) is 110 Å². The van der Waals surface area contributed by atoms with Crippen LogP contribution in [0, 0.1) is 0 Å². The number of hydrogen-bond acceptors (Lipinski definition) is 2. The summed E-state index contributed by atoms with van der Waals surface area (Å²) in [6.07, 6.45) is 0. The first-order chi connectivity index (χ1) is 27.8. The number of rotatable bonds is 4. The summed E-state index contributed by atoms with van der Waals surface area (Å²) in [5.74, 6) is 0.811. The molecule has 0 amide bonds. The highest BCUT2D eigenvalue weighted by Crippen LogP contribution is 2.43. The summed E-state index contributed by atoms with van der Waals surface area (Å²) in [6.45, 7) is 0. The van der Waals surface area contributed by atoms with E-state index in [4.69, 9.17) is 9.97 Å². The van der Waals surface area contributed by atoms with Gasteiger partial charge in [0.25, 0.3) is 0 Å².